The van der Waals surface area contributed by atoms with E-state index in [1.54, 1.807) is 0 Å². The molecular formula is C14H20N2O3. The van der Waals surface area contributed by atoms with Crippen LogP contribution in [0.2, 0.25) is 0 Å². The van der Waals surface area contributed by atoms with Gasteiger partial charge in [0.05, 0.1) is 5.54 Å². The number of primary amides is 1. The summed E-state index contributed by atoms with van der Waals surface area (Å²) in [5.74, 6) is 1.21. The van der Waals surface area contributed by atoms with Crippen molar-refractivity contribution < 1.29 is 14.3 Å². The lowest BCUT2D eigenvalue weighted by Crippen LogP contribution is -2.53. The van der Waals surface area contributed by atoms with Crippen LogP contribution >= 0.6 is 0 Å². The van der Waals surface area contributed by atoms with Gasteiger partial charge < -0.3 is 20.5 Å². The molecule has 1 aromatic rings. The summed E-state index contributed by atoms with van der Waals surface area (Å²) < 4.78 is 10.6. The third kappa shape index (κ3) is 2.98. The van der Waals surface area contributed by atoms with Crippen molar-refractivity contribution in [2.45, 2.75) is 32.2 Å². The second-order valence-electron chi connectivity index (χ2n) is 4.91. The molecule has 0 radical (unpaired) electrons. The van der Waals surface area contributed by atoms with Gasteiger partial charge in [-0.3, -0.25) is 4.79 Å². The maximum atomic E-state index is 11.5. The molecule has 5 heteroatoms. The lowest BCUT2D eigenvalue weighted by atomic mass is 9.92. The van der Waals surface area contributed by atoms with Crippen LogP contribution in [0.1, 0.15) is 25.8 Å². The standard InChI is InChI=1S/C14H20N2O3/c1-3-16-14(2,13(15)17)7-6-10-4-5-11-12(8-10)19-9-18-11/h4-5,8,16H,3,6-7,9H2,1-2H3,(H2,15,17). The predicted molar refractivity (Wildman–Crippen MR) is 72.2 cm³/mol. The number of amides is 1. The van der Waals surface area contributed by atoms with Crippen LogP contribution in [0.15, 0.2) is 18.2 Å². The number of rotatable bonds is 6. The van der Waals surface area contributed by atoms with Gasteiger partial charge in [-0.25, -0.2) is 0 Å². The summed E-state index contributed by atoms with van der Waals surface area (Å²) in [7, 11) is 0. The number of aryl methyl sites for hydroxylation is 1. The Labute approximate surface area is 113 Å². The molecular weight excluding hydrogens is 244 g/mol. The average Bonchev–Trinajstić information content (AvgIpc) is 2.84. The minimum Gasteiger partial charge on any atom is -0.454 e. The van der Waals surface area contributed by atoms with Crippen LogP contribution in [-0.4, -0.2) is 24.8 Å². The quantitative estimate of drug-likeness (QED) is 0.809. The zero-order valence-electron chi connectivity index (χ0n) is 11.4. The Balaban J connectivity index is 2.03. The third-order valence-corrected chi connectivity index (χ3v) is 3.46. The van der Waals surface area contributed by atoms with Gasteiger partial charge >= 0.3 is 0 Å². The molecule has 0 saturated carbocycles. The fraction of sp³-hybridized carbons (Fsp3) is 0.500. The molecule has 2 rings (SSSR count). The largest absolute Gasteiger partial charge is 0.454 e. The molecule has 1 aliphatic heterocycles. The zero-order chi connectivity index (χ0) is 13.9. The molecule has 104 valence electrons. The fourth-order valence-corrected chi connectivity index (χ4v) is 2.18. The van der Waals surface area contributed by atoms with Crippen molar-refractivity contribution in [3.05, 3.63) is 23.8 Å². The van der Waals surface area contributed by atoms with E-state index in [9.17, 15) is 4.79 Å². The van der Waals surface area contributed by atoms with E-state index in [0.29, 0.717) is 13.0 Å². The second-order valence-corrected chi connectivity index (χ2v) is 4.91. The van der Waals surface area contributed by atoms with Crippen LogP contribution in [0, 0.1) is 0 Å². The van der Waals surface area contributed by atoms with E-state index in [-0.39, 0.29) is 12.7 Å². The summed E-state index contributed by atoms with van der Waals surface area (Å²) in [5.41, 5.74) is 5.90. The highest BCUT2D eigenvalue weighted by Crippen LogP contribution is 2.33. The van der Waals surface area contributed by atoms with E-state index < -0.39 is 5.54 Å². The molecule has 1 unspecified atom stereocenters. The molecule has 1 aromatic carbocycles. The van der Waals surface area contributed by atoms with Crippen molar-refractivity contribution in [1.29, 1.82) is 0 Å². The van der Waals surface area contributed by atoms with Crippen molar-refractivity contribution in [1.82, 2.24) is 5.32 Å². The number of carbonyl (C=O) groups excluding carboxylic acids is 1. The first kappa shape index (κ1) is 13.7. The minimum absolute atomic E-state index is 0.273. The Morgan fingerprint density at radius 1 is 1.42 bits per heavy atom. The molecule has 1 amide bonds. The summed E-state index contributed by atoms with van der Waals surface area (Å²) in [5, 5.41) is 3.15. The van der Waals surface area contributed by atoms with Gasteiger partial charge in [-0.1, -0.05) is 13.0 Å². The van der Waals surface area contributed by atoms with Gasteiger partial charge in [0.2, 0.25) is 12.7 Å². The summed E-state index contributed by atoms with van der Waals surface area (Å²) in [6.07, 6.45) is 1.40. The van der Waals surface area contributed by atoms with E-state index in [4.69, 9.17) is 15.2 Å². The number of ether oxygens (including phenoxy) is 2. The number of carbonyl (C=O) groups is 1. The molecule has 19 heavy (non-hydrogen) atoms. The molecule has 0 fully saturated rings. The van der Waals surface area contributed by atoms with E-state index in [2.05, 4.69) is 5.32 Å². The van der Waals surface area contributed by atoms with Crippen LogP contribution < -0.4 is 20.5 Å². The van der Waals surface area contributed by atoms with Crippen molar-refractivity contribution in [2.24, 2.45) is 5.73 Å². The normalized spacial score (nSPS) is 16.1. The molecule has 0 bridgehead atoms. The molecule has 3 N–H and O–H groups in total. The first-order valence-corrected chi connectivity index (χ1v) is 6.48. The summed E-state index contributed by atoms with van der Waals surface area (Å²) in [6.45, 7) is 4.78. The van der Waals surface area contributed by atoms with Gasteiger partial charge in [0, 0.05) is 0 Å². The van der Waals surface area contributed by atoms with E-state index in [1.165, 1.54) is 0 Å². The van der Waals surface area contributed by atoms with E-state index in [1.807, 2.05) is 32.0 Å². The predicted octanol–water partition coefficient (Wildman–Crippen LogP) is 1.20. The van der Waals surface area contributed by atoms with Crippen LogP contribution in [0.4, 0.5) is 0 Å². The maximum Gasteiger partial charge on any atom is 0.237 e. The number of hydrogen-bond donors (Lipinski definition) is 2. The topological polar surface area (TPSA) is 73.6 Å². The monoisotopic (exact) mass is 264 g/mol. The summed E-state index contributed by atoms with van der Waals surface area (Å²) >= 11 is 0. The van der Waals surface area contributed by atoms with E-state index >= 15 is 0 Å². The first-order chi connectivity index (χ1) is 9.05. The van der Waals surface area contributed by atoms with Crippen molar-refractivity contribution >= 4 is 5.91 Å². The van der Waals surface area contributed by atoms with Crippen molar-refractivity contribution in [2.75, 3.05) is 13.3 Å². The van der Waals surface area contributed by atoms with Gasteiger partial charge in [-0.05, 0) is 44.0 Å². The summed E-state index contributed by atoms with van der Waals surface area (Å²) in [6, 6.07) is 5.84. The molecule has 0 saturated heterocycles. The molecule has 5 nitrogen and oxygen atoms in total. The molecule has 1 aliphatic rings. The fourth-order valence-electron chi connectivity index (χ4n) is 2.18. The van der Waals surface area contributed by atoms with Crippen LogP contribution in [-0.2, 0) is 11.2 Å². The second kappa shape index (κ2) is 5.48. The van der Waals surface area contributed by atoms with Crippen molar-refractivity contribution in [3.8, 4) is 11.5 Å². The van der Waals surface area contributed by atoms with E-state index in [0.717, 1.165) is 23.5 Å². The highest BCUT2D eigenvalue weighted by molar-refractivity contribution is 5.84. The highest BCUT2D eigenvalue weighted by Gasteiger charge is 2.29. The van der Waals surface area contributed by atoms with Crippen LogP contribution in [0.3, 0.4) is 0 Å². The molecule has 0 spiro atoms. The first-order valence-electron chi connectivity index (χ1n) is 6.48. The average molecular weight is 264 g/mol. The van der Waals surface area contributed by atoms with Gasteiger partial charge in [0.15, 0.2) is 11.5 Å². The SMILES string of the molecule is CCNC(C)(CCc1ccc2c(c1)OCO2)C(N)=O. The Bertz CT molecular complexity index is 476. The van der Waals surface area contributed by atoms with Gasteiger partial charge in [-0.15, -0.1) is 0 Å². The number of nitrogens with one attached hydrogen (secondary N) is 1. The number of nitrogens with two attached hydrogens (primary N) is 1. The van der Waals surface area contributed by atoms with Crippen LogP contribution in [0.25, 0.3) is 0 Å². The smallest absolute Gasteiger partial charge is 0.237 e. The third-order valence-electron chi connectivity index (χ3n) is 3.46. The molecule has 0 aromatic heterocycles. The minimum atomic E-state index is -0.675. The Morgan fingerprint density at radius 3 is 2.84 bits per heavy atom. The van der Waals surface area contributed by atoms with Gasteiger partial charge in [0.1, 0.15) is 0 Å². The lowest BCUT2D eigenvalue weighted by molar-refractivity contribution is -0.124. The maximum absolute atomic E-state index is 11.5. The number of fused-ring (bicyclic) bond motifs is 1. The molecule has 0 aliphatic carbocycles. The highest BCUT2D eigenvalue weighted by atomic mass is 16.7. The Hall–Kier alpha value is -1.75. The van der Waals surface area contributed by atoms with Crippen LogP contribution in [0.5, 0.6) is 11.5 Å². The lowest BCUT2D eigenvalue weighted by Gasteiger charge is -2.27. The number of hydrogen-bond acceptors (Lipinski definition) is 4. The Kier molecular flexibility index (Phi) is 3.95. The summed E-state index contributed by atoms with van der Waals surface area (Å²) in [4.78, 5) is 11.5. The molecule has 1 atom stereocenters. The van der Waals surface area contributed by atoms with Gasteiger partial charge in [-0.2, -0.15) is 0 Å². The van der Waals surface area contributed by atoms with Gasteiger partial charge in [0.25, 0.3) is 0 Å². The van der Waals surface area contributed by atoms with Crippen molar-refractivity contribution in [3.63, 3.8) is 0 Å². The number of benzene rings is 1. The zero-order valence-corrected chi connectivity index (χ0v) is 11.4. The Morgan fingerprint density at radius 2 is 2.16 bits per heavy atom. The number of likely N-dealkylation sites (N-methyl/N-ethyl adjacent to an activating group) is 1. The molecule has 1 heterocycles.